The Kier molecular flexibility index (Phi) is 6.33. The maximum Gasteiger partial charge on any atom is 0.251 e. The van der Waals surface area contributed by atoms with Crippen molar-refractivity contribution in [2.24, 2.45) is 0 Å². The standard InChI is InChI=1S/C18H20N2O4/c1-13(22)20-16-8-7-15(18(23)19-9-10-21)11-17(16)24-12-14-5-3-2-4-6-14/h2-8,11,21H,9-10,12H2,1H3,(H,19,23)(H,20,22). The molecule has 2 amide bonds. The highest BCUT2D eigenvalue weighted by Crippen LogP contribution is 2.27. The fraction of sp³-hybridized carbons (Fsp3) is 0.222. The third kappa shape index (κ3) is 5.10. The van der Waals surface area contributed by atoms with E-state index in [2.05, 4.69) is 10.6 Å². The number of carbonyl (C=O) groups excluding carboxylic acids is 2. The van der Waals surface area contributed by atoms with E-state index in [1.54, 1.807) is 18.2 Å². The van der Waals surface area contributed by atoms with Crippen molar-refractivity contribution >= 4 is 17.5 Å². The first-order valence-electron chi connectivity index (χ1n) is 7.57. The van der Waals surface area contributed by atoms with Crippen LogP contribution in [0.5, 0.6) is 5.75 Å². The molecule has 0 heterocycles. The van der Waals surface area contributed by atoms with Gasteiger partial charge in [0.05, 0.1) is 12.3 Å². The number of rotatable bonds is 7. The molecule has 0 saturated carbocycles. The van der Waals surface area contributed by atoms with E-state index >= 15 is 0 Å². The van der Waals surface area contributed by atoms with Gasteiger partial charge >= 0.3 is 0 Å². The summed E-state index contributed by atoms with van der Waals surface area (Å²) in [5.41, 5.74) is 1.86. The Bertz CT molecular complexity index is 701. The topological polar surface area (TPSA) is 87.7 Å². The second-order valence-electron chi connectivity index (χ2n) is 5.15. The van der Waals surface area contributed by atoms with Gasteiger partial charge in [-0.15, -0.1) is 0 Å². The van der Waals surface area contributed by atoms with Gasteiger partial charge in [0.1, 0.15) is 12.4 Å². The SMILES string of the molecule is CC(=O)Nc1ccc(C(=O)NCCO)cc1OCc1ccccc1. The Morgan fingerprint density at radius 1 is 1.12 bits per heavy atom. The minimum atomic E-state index is -0.317. The van der Waals surface area contributed by atoms with Gasteiger partial charge in [0.2, 0.25) is 5.91 Å². The molecule has 24 heavy (non-hydrogen) atoms. The van der Waals surface area contributed by atoms with Gasteiger partial charge in [0.15, 0.2) is 0 Å². The summed E-state index contributed by atoms with van der Waals surface area (Å²) in [4.78, 5) is 23.3. The van der Waals surface area contributed by atoms with Crippen LogP contribution in [-0.2, 0) is 11.4 Å². The number of carbonyl (C=O) groups is 2. The van der Waals surface area contributed by atoms with Gasteiger partial charge in [0.25, 0.3) is 5.91 Å². The van der Waals surface area contributed by atoms with Gasteiger partial charge < -0.3 is 20.5 Å². The van der Waals surface area contributed by atoms with Gasteiger partial charge in [-0.05, 0) is 23.8 Å². The van der Waals surface area contributed by atoms with E-state index in [0.717, 1.165) is 5.56 Å². The van der Waals surface area contributed by atoms with Crippen molar-refractivity contribution in [1.29, 1.82) is 0 Å². The van der Waals surface area contributed by atoms with Crippen molar-refractivity contribution in [3.05, 3.63) is 59.7 Å². The smallest absolute Gasteiger partial charge is 0.251 e. The first-order chi connectivity index (χ1) is 11.6. The van der Waals surface area contributed by atoms with Crippen LogP contribution >= 0.6 is 0 Å². The van der Waals surface area contributed by atoms with Crippen LogP contribution in [0.1, 0.15) is 22.8 Å². The second kappa shape index (κ2) is 8.69. The summed E-state index contributed by atoms with van der Waals surface area (Å²) in [5, 5.41) is 14.0. The number of benzene rings is 2. The molecular weight excluding hydrogens is 308 g/mol. The summed E-state index contributed by atoms with van der Waals surface area (Å²) in [7, 11) is 0. The van der Waals surface area contributed by atoms with Crippen LogP contribution in [-0.4, -0.2) is 30.1 Å². The average Bonchev–Trinajstić information content (AvgIpc) is 2.59. The lowest BCUT2D eigenvalue weighted by atomic mass is 10.1. The molecule has 0 radical (unpaired) electrons. The summed E-state index contributed by atoms with van der Waals surface area (Å²) in [6.07, 6.45) is 0. The van der Waals surface area contributed by atoms with Crippen LogP contribution in [0.3, 0.4) is 0 Å². The molecule has 3 N–H and O–H groups in total. The fourth-order valence-electron chi connectivity index (χ4n) is 2.08. The van der Waals surface area contributed by atoms with Crippen LogP contribution in [0, 0.1) is 0 Å². The molecule has 0 unspecified atom stereocenters. The highest BCUT2D eigenvalue weighted by molar-refractivity contribution is 5.96. The Balaban J connectivity index is 2.19. The molecule has 0 aliphatic rings. The number of nitrogens with one attached hydrogen (secondary N) is 2. The maximum atomic E-state index is 12.0. The van der Waals surface area contributed by atoms with Gasteiger partial charge in [-0.25, -0.2) is 0 Å². The maximum absolute atomic E-state index is 12.0. The van der Waals surface area contributed by atoms with Crippen molar-refractivity contribution in [3.8, 4) is 5.75 Å². The van der Waals surface area contributed by atoms with Crippen molar-refractivity contribution < 1.29 is 19.4 Å². The zero-order chi connectivity index (χ0) is 17.4. The molecule has 0 aromatic heterocycles. The third-order valence-corrected chi connectivity index (χ3v) is 3.19. The van der Waals surface area contributed by atoms with Gasteiger partial charge in [0, 0.05) is 19.0 Å². The van der Waals surface area contributed by atoms with E-state index in [1.807, 2.05) is 30.3 Å². The highest BCUT2D eigenvalue weighted by Gasteiger charge is 2.11. The number of anilines is 1. The molecule has 126 valence electrons. The van der Waals surface area contributed by atoms with E-state index < -0.39 is 0 Å². The highest BCUT2D eigenvalue weighted by atomic mass is 16.5. The number of aliphatic hydroxyl groups is 1. The van der Waals surface area contributed by atoms with Crippen molar-refractivity contribution in [2.45, 2.75) is 13.5 Å². The number of hydrogen-bond acceptors (Lipinski definition) is 4. The van der Waals surface area contributed by atoms with Crippen LogP contribution in [0.4, 0.5) is 5.69 Å². The average molecular weight is 328 g/mol. The lowest BCUT2D eigenvalue weighted by Gasteiger charge is -2.13. The predicted octanol–water partition coefficient (Wildman–Crippen LogP) is 1.95. The molecule has 0 spiro atoms. The van der Waals surface area contributed by atoms with Gasteiger partial charge in [-0.3, -0.25) is 9.59 Å². The Labute approximate surface area is 140 Å². The summed E-state index contributed by atoms with van der Waals surface area (Å²) < 4.78 is 5.78. The van der Waals surface area contributed by atoms with E-state index in [9.17, 15) is 9.59 Å². The minimum absolute atomic E-state index is 0.132. The monoisotopic (exact) mass is 328 g/mol. The molecule has 0 bridgehead atoms. The van der Waals surface area contributed by atoms with Gasteiger partial charge in [-0.1, -0.05) is 30.3 Å². The molecule has 2 aromatic carbocycles. The molecule has 6 heteroatoms. The molecular formula is C18H20N2O4. The van der Waals surface area contributed by atoms with Crippen LogP contribution in [0.2, 0.25) is 0 Å². The van der Waals surface area contributed by atoms with Gasteiger partial charge in [-0.2, -0.15) is 0 Å². The lowest BCUT2D eigenvalue weighted by molar-refractivity contribution is -0.114. The van der Waals surface area contributed by atoms with Crippen molar-refractivity contribution in [1.82, 2.24) is 5.32 Å². The van der Waals surface area contributed by atoms with E-state index in [1.165, 1.54) is 6.92 Å². The lowest BCUT2D eigenvalue weighted by Crippen LogP contribution is -2.26. The summed E-state index contributed by atoms with van der Waals surface area (Å²) >= 11 is 0. The van der Waals surface area contributed by atoms with E-state index in [-0.39, 0.29) is 25.0 Å². The molecule has 6 nitrogen and oxygen atoms in total. The molecule has 0 aliphatic carbocycles. The normalized spacial score (nSPS) is 10.1. The summed E-state index contributed by atoms with van der Waals surface area (Å²) in [6, 6.07) is 14.4. The minimum Gasteiger partial charge on any atom is -0.487 e. The Morgan fingerprint density at radius 3 is 2.54 bits per heavy atom. The predicted molar refractivity (Wildman–Crippen MR) is 90.9 cm³/mol. The van der Waals surface area contributed by atoms with E-state index in [0.29, 0.717) is 23.6 Å². The van der Waals surface area contributed by atoms with Crippen LogP contribution < -0.4 is 15.4 Å². The summed E-state index contributed by atoms with van der Waals surface area (Å²) in [6.45, 7) is 1.76. The zero-order valence-corrected chi connectivity index (χ0v) is 13.4. The molecule has 2 rings (SSSR count). The van der Waals surface area contributed by atoms with Crippen molar-refractivity contribution in [2.75, 3.05) is 18.5 Å². The number of hydrogen-bond donors (Lipinski definition) is 3. The largest absolute Gasteiger partial charge is 0.487 e. The van der Waals surface area contributed by atoms with Crippen molar-refractivity contribution in [3.63, 3.8) is 0 Å². The Morgan fingerprint density at radius 2 is 1.88 bits per heavy atom. The molecule has 0 saturated heterocycles. The third-order valence-electron chi connectivity index (χ3n) is 3.19. The first kappa shape index (κ1) is 17.5. The molecule has 2 aromatic rings. The van der Waals surface area contributed by atoms with E-state index in [4.69, 9.17) is 9.84 Å². The quantitative estimate of drug-likeness (QED) is 0.725. The molecule has 0 aliphatic heterocycles. The first-order valence-corrected chi connectivity index (χ1v) is 7.57. The fourth-order valence-corrected chi connectivity index (χ4v) is 2.08. The molecule has 0 fully saturated rings. The summed E-state index contributed by atoms with van der Waals surface area (Å²) in [5.74, 6) is -0.134. The Hall–Kier alpha value is -2.86. The van der Waals surface area contributed by atoms with Crippen LogP contribution in [0.15, 0.2) is 48.5 Å². The zero-order valence-electron chi connectivity index (χ0n) is 13.4. The molecule has 0 atom stereocenters. The number of ether oxygens (including phenoxy) is 1. The second-order valence-corrected chi connectivity index (χ2v) is 5.15. The number of amides is 2. The number of aliphatic hydroxyl groups excluding tert-OH is 1. The van der Waals surface area contributed by atoms with Crippen LogP contribution in [0.25, 0.3) is 0 Å².